The molecule has 0 saturated heterocycles. The third-order valence-corrected chi connectivity index (χ3v) is 2.17. The Morgan fingerprint density at radius 3 is 3.14 bits per heavy atom. The average Bonchev–Trinajstić information content (AvgIpc) is 2.19. The minimum absolute atomic E-state index is 0.492. The molecule has 0 amide bonds. The normalized spacial score (nSPS) is 20.2. The number of carbonyl (C=O) groups excluding carboxylic acids is 1. The Kier molecular flexibility index (Phi) is 1.92. The predicted molar refractivity (Wildman–Crippen MR) is 53.7 cm³/mol. The molecule has 0 atom stereocenters. The van der Waals surface area contributed by atoms with Crippen molar-refractivity contribution in [2.24, 2.45) is 15.7 Å². The summed E-state index contributed by atoms with van der Waals surface area (Å²) in [6.45, 7) is 2.29. The van der Waals surface area contributed by atoms with E-state index in [1.165, 1.54) is 0 Å². The van der Waals surface area contributed by atoms with Crippen LogP contribution in [0, 0.1) is 0 Å². The lowest BCUT2D eigenvalue weighted by molar-refractivity contribution is -0.105. The van der Waals surface area contributed by atoms with Crippen molar-refractivity contribution in [1.82, 2.24) is 4.90 Å². The lowest BCUT2D eigenvalue weighted by Gasteiger charge is -2.27. The highest BCUT2D eigenvalue weighted by Gasteiger charge is 2.21. The number of aliphatic imine (C=N–C) groups is 2. The molecule has 2 N–H and O–H groups in total. The average molecular weight is 190 g/mol. The van der Waals surface area contributed by atoms with Gasteiger partial charge >= 0.3 is 0 Å². The number of hydrogen-bond acceptors (Lipinski definition) is 5. The first-order valence-electron chi connectivity index (χ1n) is 4.22. The van der Waals surface area contributed by atoms with E-state index in [0.717, 1.165) is 12.0 Å². The van der Waals surface area contributed by atoms with Crippen molar-refractivity contribution in [1.29, 1.82) is 0 Å². The molecule has 0 fully saturated rings. The Morgan fingerprint density at radius 2 is 2.43 bits per heavy atom. The van der Waals surface area contributed by atoms with E-state index in [-0.39, 0.29) is 0 Å². The van der Waals surface area contributed by atoms with E-state index in [0.29, 0.717) is 23.7 Å². The third kappa shape index (κ3) is 1.22. The summed E-state index contributed by atoms with van der Waals surface area (Å²) < 4.78 is 0. The molecular weight excluding hydrogens is 180 g/mol. The largest absolute Gasteiger partial charge is 0.394 e. The lowest BCUT2D eigenvalue weighted by atomic mass is 10.1. The molecule has 0 bridgehead atoms. The van der Waals surface area contributed by atoms with Crippen molar-refractivity contribution in [2.45, 2.75) is 6.92 Å². The van der Waals surface area contributed by atoms with Gasteiger partial charge in [0.25, 0.3) is 0 Å². The summed E-state index contributed by atoms with van der Waals surface area (Å²) in [6, 6.07) is 0. The van der Waals surface area contributed by atoms with Gasteiger partial charge in [-0.25, -0.2) is 9.98 Å². The first kappa shape index (κ1) is 8.68. The summed E-state index contributed by atoms with van der Waals surface area (Å²) in [4.78, 5) is 20.6. The number of nitrogens with zero attached hydrogens (tertiary/aromatic N) is 3. The molecule has 0 aromatic carbocycles. The van der Waals surface area contributed by atoms with E-state index in [1.54, 1.807) is 24.4 Å². The third-order valence-electron chi connectivity index (χ3n) is 2.17. The van der Waals surface area contributed by atoms with Crippen LogP contribution in [0.1, 0.15) is 6.92 Å². The number of fused-ring (bicyclic) bond motifs is 1. The van der Waals surface area contributed by atoms with Crippen LogP contribution < -0.4 is 5.73 Å². The van der Waals surface area contributed by atoms with E-state index in [2.05, 4.69) is 9.98 Å². The van der Waals surface area contributed by atoms with Crippen molar-refractivity contribution >= 4 is 18.5 Å². The van der Waals surface area contributed by atoms with Crippen LogP contribution in [0.2, 0.25) is 0 Å². The number of carbonyl (C=O) groups is 1. The molecule has 0 aromatic heterocycles. The van der Waals surface area contributed by atoms with Crippen molar-refractivity contribution in [3.05, 3.63) is 23.2 Å². The predicted octanol–water partition coefficient (Wildman–Crippen LogP) is 0.0154. The molecule has 0 aliphatic carbocycles. The van der Waals surface area contributed by atoms with Gasteiger partial charge in [0.15, 0.2) is 5.84 Å². The highest BCUT2D eigenvalue weighted by Crippen LogP contribution is 2.16. The fourth-order valence-electron chi connectivity index (χ4n) is 1.37. The van der Waals surface area contributed by atoms with Gasteiger partial charge in [-0.15, -0.1) is 0 Å². The van der Waals surface area contributed by atoms with E-state index < -0.39 is 0 Å². The van der Waals surface area contributed by atoms with Crippen molar-refractivity contribution in [2.75, 3.05) is 6.54 Å². The van der Waals surface area contributed by atoms with Gasteiger partial charge in [0.1, 0.15) is 6.29 Å². The van der Waals surface area contributed by atoms with Crippen LogP contribution in [-0.4, -0.2) is 29.9 Å². The van der Waals surface area contributed by atoms with Gasteiger partial charge in [-0.2, -0.15) is 0 Å². The van der Waals surface area contributed by atoms with E-state index in [4.69, 9.17) is 5.73 Å². The van der Waals surface area contributed by atoms with Crippen LogP contribution >= 0.6 is 0 Å². The van der Waals surface area contributed by atoms with Crippen LogP contribution in [0.25, 0.3) is 0 Å². The van der Waals surface area contributed by atoms with Crippen LogP contribution in [-0.2, 0) is 4.79 Å². The van der Waals surface area contributed by atoms with Gasteiger partial charge in [0.05, 0.1) is 24.8 Å². The fourth-order valence-corrected chi connectivity index (χ4v) is 1.37. The van der Waals surface area contributed by atoms with Gasteiger partial charge in [-0.3, -0.25) is 4.79 Å². The second-order valence-electron chi connectivity index (χ2n) is 3.14. The van der Waals surface area contributed by atoms with Crippen LogP contribution in [0.5, 0.6) is 0 Å². The standard InChI is InChI=1S/C9H10N4O/c1-6-7(4-14)3-13-5-11-2-8(10)9(13)12-6/h2,4-5H,3,10H2,1H3. The maximum atomic E-state index is 10.7. The minimum atomic E-state index is 0.492. The second-order valence-corrected chi connectivity index (χ2v) is 3.14. The fraction of sp³-hybridized carbons (Fsp3) is 0.222. The number of allylic oxidation sites excluding steroid dienone is 1. The Hall–Kier alpha value is -1.91. The zero-order valence-electron chi connectivity index (χ0n) is 7.77. The van der Waals surface area contributed by atoms with Gasteiger partial charge in [-0.1, -0.05) is 0 Å². The Labute approximate surface area is 81.3 Å². The highest BCUT2D eigenvalue weighted by molar-refractivity contribution is 6.07. The number of amidine groups is 1. The molecule has 0 radical (unpaired) electrons. The van der Waals surface area contributed by atoms with Crippen LogP contribution in [0.15, 0.2) is 33.2 Å². The molecular formula is C9H10N4O. The Morgan fingerprint density at radius 1 is 1.64 bits per heavy atom. The Balaban J connectivity index is 2.44. The maximum absolute atomic E-state index is 10.7. The van der Waals surface area contributed by atoms with Gasteiger partial charge in [0, 0.05) is 11.3 Å². The van der Waals surface area contributed by atoms with Gasteiger partial charge < -0.3 is 10.6 Å². The Bertz CT molecular complexity index is 403. The molecule has 0 saturated carbocycles. The topological polar surface area (TPSA) is 71.0 Å². The zero-order valence-corrected chi connectivity index (χ0v) is 7.77. The second kappa shape index (κ2) is 3.10. The first-order valence-corrected chi connectivity index (χ1v) is 4.22. The summed E-state index contributed by atoms with van der Waals surface area (Å²) in [5.41, 5.74) is 7.61. The lowest BCUT2D eigenvalue weighted by Crippen LogP contribution is -2.39. The molecule has 2 aliphatic rings. The molecule has 5 heteroatoms. The zero-order chi connectivity index (χ0) is 10.1. The van der Waals surface area contributed by atoms with E-state index in [9.17, 15) is 4.79 Å². The quantitative estimate of drug-likeness (QED) is 0.592. The first-order chi connectivity index (χ1) is 6.72. The summed E-state index contributed by atoms with van der Waals surface area (Å²) in [6.07, 6.45) is 3.98. The van der Waals surface area contributed by atoms with Crippen LogP contribution in [0.4, 0.5) is 0 Å². The summed E-state index contributed by atoms with van der Waals surface area (Å²) in [5.74, 6) is 0.670. The van der Waals surface area contributed by atoms with Crippen molar-refractivity contribution in [3.8, 4) is 0 Å². The SMILES string of the molecule is CC1=C(C=O)CN2C=NC=C(N)C2=N1. The van der Waals surface area contributed by atoms with Crippen molar-refractivity contribution in [3.63, 3.8) is 0 Å². The smallest absolute Gasteiger partial charge is 0.159 e. The maximum Gasteiger partial charge on any atom is 0.159 e. The number of nitrogens with two attached hydrogens (primary N) is 1. The monoisotopic (exact) mass is 190 g/mol. The number of hydrogen-bond donors (Lipinski definition) is 1. The summed E-state index contributed by atoms with van der Waals surface area (Å²) in [5, 5.41) is 0. The van der Waals surface area contributed by atoms with E-state index in [1.807, 2.05) is 0 Å². The molecule has 14 heavy (non-hydrogen) atoms. The molecule has 0 aromatic rings. The van der Waals surface area contributed by atoms with Gasteiger partial charge in [-0.05, 0) is 6.92 Å². The summed E-state index contributed by atoms with van der Waals surface area (Å²) >= 11 is 0. The van der Waals surface area contributed by atoms with Crippen LogP contribution in [0.3, 0.4) is 0 Å². The van der Waals surface area contributed by atoms with E-state index >= 15 is 0 Å². The number of aldehydes is 1. The molecule has 5 nitrogen and oxygen atoms in total. The summed E-state index contributed by atoms with van der Waals surface area (Å²) in [7, 11) is 0. The minimum Gasteiger partial charge on any atom is -0.394 e. The molecule has 0 spiro atoms. The molecule has 0 unspecified atom stereocenters. The number of rotatable bonds is 1. The van der Waals surface area contributed by atoms with Crippen molar-refractivity contribution < 1.29 is 4.79 Å². The van der Waals surface area contributed by atoms with Gasteiger partial charge in [0.2, 0.25) is 0 Å². The molecule has 2 aliphatic heterocycles. The highest BCUT2D eigenvalue weighted by atomic mass is 16.1. The molecule has 2 heterocycles. The molecule has 72 valence electrons. The molecule has 2 rings (SSSR count).